The third-order valence-electron chi connectivity index (χ3n) is 1.33. The third kappa shape index (κ3) is 9.36. The predicted octanol–water partition coefficient (Wildman–Crippen LogP) is 2.05. The van der Waals surface area contributed by atoms with Crippen molar-refractivity contribution in [2.45, 2.75) is 20.0 Å². The second kappa shape index (κ2) is 7.55. The number of phosphoric acid groups is 1. The van der Waals surface area contributed by atoms with E-state index in [1.807, 2.05) is 0 Å². The minimum Gasteiger partial charge on any atom is -0.287 e. The van der Waals surface area contributed by atoms with E-state index in [-0.39, 0.29) is 13.2 Å². The Morgan fingerprint density at radius 3 is 1.89 bits per heavy atom. The van der Waals surface area contributed by atoms with Gasteiger partial charge in [0.2, 0.25) is 0 Å². The molecule has 0 bridgehead atoms. The maximum atomic E-state index is 11.8. The fraction of sp³-hybridized carbons (Fsp3) is 1.00. The predicted molar refractivity (Wildman–Crippen MR) is 57.7 cm³/mol. The standard InChI is InChI=1S/C7H14F3O7PS/c1-3-14-18(11,15-4-2)16-6-19(12,13)17-5-7(8,9)10/h3-6H2,1-2H3. The van der Waals surface area contributed by atoms with E-state index in [9.17, 15) is 26.2 Å². The van der Waals surface area contributed by atoms with Crippen LogP contribution in [0.1, 0.15) is 13.8 Å². The van der Waals surface area contributed by atoms with Gasteiger partial charge in [-0.2, -0.15) is 21.6 Å². The van der Waals surface area contributed by atoms with Crippen LogP contribution < -0.4 is 0 Å². The third-order valence-corrected chi connectivity index (χ3v) is 3.98. The molecule has 0 aromatic heterocycles. The Morgan fingerprint density at radius 1 is 1.05 bits per heavy atom. The lowest BCUT2D eigenvalue weighted by atomic mass is 10.7. The Balaban J connectivity index is 4.46. The monoisotopic (exact) mass is 330 g/mol. The Hall–Kier alpha value is -0.190. The van der Waals surface area contributed by atoms with Gasteiger partial charge < -0.3 is 0 Å². The molecular weight excluding hydrogens is 316 g/mol. The van der Waals surface area contributed by atoms with Gasteiger partial charge in [-0.05, 0) is 13.8 Å². The van der Waals surface area contributed by atoms with E-state index in [0.717, 1.165) is 0 Å². The van der Waals surface area contributed by atoms with Gasteiger partial charge in [0.25, 0.3) is 10.1 Å². The first-order valence-electron chi connectivity index (χ1n) is 5.01. The minimum atomic E-state index is -4.81. The first-order valence-corrected chi connectivity index (χ1v) is 8.05. The normalized spacial score (nSPS) is 13.7. The first kappa shape index (κ1) is 18.8. The molecule has 0 rings (SSSR count). The Labute approximate surface area is 108 Å². The summed E-state index contributed by atoms with van der Waals surface area (Å²) >= 11 is 0. The van der Waals surface area contributed by atoms with Crippen LogP contribution in [0, 0.1) is 0 Å². The highest BCUT2D eigenvalue weighted by Gasteiger charge is 2.33. The molecule has 0 aromatic carbocycles. The molecule has 0 fully saturated rings. The fourth-order valence-corrected chi connectivity index (χ4v) is 3.02. The minimum absolute atomic E-state index is 0.0965. The van der Waals surface area contributed by atoms with Crippen molar-refractivity contribution in [1.29, 1.82) is 0 Å². The summed E-state index contributed by atoms with van der Waals surface area (Å²) in [5, 5.41) is 0. The van der Waals surface area contributed by atoms with Crippen molar-refractivity contribution in [3.8, 4) is 0 Å². The number of halogens is 3. The molecule has 0 atom stereocenters. The molecule has 0 unspecified atom stereocenters. The van der Waals surface area contributed by atoms with E-state index in [1.54, 1.807) is 0 Å². The van der Waals surface area contributed by atoms with Crippen molar-refractivity contribution in [2.75, 3.05) is 25.8 Å². The molecule has 0 aliphatic heterocycles. The smallest absolute Gasteiger partial charge is 0.287 e. The van der Waals surface area contributed by atoms with Gasteiger partial charge in [-0.1, -0.05) is 0 Å². The lowest BCUT2D eigenvalue weighted by Gasteiger charge is -2.16. The lowest BCUT2D eigenvalue weighted by molar-refractivity contribution is -0.152. The molecule has 0 aliphatic rings. The van der Waals surface area contributed by atoms with Crippen molar-refractivity contribution in [1.82, 2.24) is 0 Å². The highest BCUT2D eigenvalue weighted by molar-refractivity contribution is 7.86. The van der Waals surface area contributed by atoms with Crippen molar-refractivity contribution >= 4 is 17.9 Å². The summed E-state index contributed by atoms with van der Waals surface area (Å²) in [6.07, 6.45) is -4.81. The number of phosphoric ester groups is 1. The molecule has 0 aromatic rings. The quantitative estimate of drug-likeness (QED) is 0.472. The summed E-state index contributed by atoms with van der Waals surface area (Å²) in [7, 11) is -8.78. The maximum Gasteiger partial charge on any atom is 0.475 e. The molecule has 0 aliphatic carbocycles. The zero-order valence-electron chi connectivity index (χ0n) is 10.2. The highest BCUT2D eigenvalue weighted by Crippen LogP contribution is 2.49. The molecular formula is C7H14F3O7PS. The second-order valence-electron chi connectivity index (χ2n) is 2.96. The lowest BCUT2D eigenvalue weighted by Crippen LogP contribution is -2.22. The maximum absolute atomic E-state index is 11.8. The Bertz CT molecular complexity index is 397. The Morgan fingerprint density at radius 2 is 1.53 bits per heavy atom. The number of hydrogen-bond donors (Lipinski definition) is 0. The van der Waals surface area contributed by atoms with Crippen LogP contribution in [-0.2, 0) is 32.4 Å². The van der Waals surface area contributed by atoms with Crippen LogP contribution in [-0.4, -0.2) is 40.4 Å². The fourth-order valence-electron chi connectivity index (χ4n) is 0.748. The molecule has 0 saturated heterocycles. The van der Waals surface area contributed by atoms with Gasteiger partial charge >= 0.3 is 14.0 Å². The molecule has 0 heterocycles. The SMILES string of the molecule is CCOP(=O)(OCC)OCS(=O)(=O)OCC(F)(F)F. The zero-order valence-corrected chi connectivity index (χ0v) is 11.9. The van der Waals surface area contributed by atoms with Crippen molar-refractivity contribution in [2.24, 2.45) is 0 Å². The Kier molecular flexibility index (Phi) is 7.48. The van der Waals surface area contributed by atoms with E-state index in [4.69, 9.17) is 0 Å². The van der Waals surface area contributed by atoms with Crippen LogP contribution in [0.3, 0.4) is 0 Å². The zero-order chi connectivity index (χ0) is 15.2. The van der Waals surface area contributed by atoms with Gasteiger partial charge in [0.05, 0.1) is 13.2 Å². The summed E-state index contributed by atoms with van der Waals surface area (Å²) in [5.41, 5.74) is 0. The molecule has 0 N–H and O–H groups in total. The second-order valence-corrected chi connectivity index (χ2v) is 6.22. The first-order chi connectivity index (χ1) is 8.54. The van der Waals surface area contributed by atoms with Crippen molar-refractivity contribution < 1.29 is 43.9 Å². The van der Waals surface area contributed by atoms with Gasteiger partial charge in [0, 0.05) is 0 Å². The van der Waals surface area contributed by atoms with E-state index in [2.05, 4.69) is 17.8 Å². The van der Waals surface area contributed by atoms with Gasteiger partial charge in [-0.15, -0.1) is 0 Å². The number of hydrogen-bond acceptors (Lipinski definition) is 7. The van der Waals surface area contributed by atoms with Crippen molar-refractivity contribution in [3.63, 3.8) is 0 Å². The summed E-state index contributed by atoms with van der Waals surface area (Å²) in [6.45, 7) is 0.709. The van der Waals surface area contributed by atoms with E-state index < -0.39 is 36.7 Å². The van der Waals surface area contributed by atoms with Crippen LogP contribution in [0.4, 0.5) is 13.2 Å². The molecule has 0 radical (unpaired) electrons. The average Bonchev–Trinajstić information content (AvgIpc) is 2.24. The number of rotatable bonds is 9. The van der Waals surface area contributed by atoms with Crippen LogP contribution in [0.5, 0.6) is 0 Å². The van der Waals surface area contributed by atoms with Gasteiger partial charge in [0.15, 0.2) is 12.5 Å². The van der Waals surface area contributed by atoms with E-state index in [1.165, 1.54) is 13.8 Å². The molecule has 7 nitrogen and oxygen atoms in total. The molecule has 0 spiro atoms. The molecule has 12 heteroatoms. The molecule has 0 saturated carbocycles. The van der Waals surface area contributed by atoms with Crippen LogP contribution in [0.15, 0.2) is 0 Å². The topological polar surface area (TPSA) is 88.1 Å². The molecule has 19 heavy (non-hydrogen) atoms. The summed E-state index contributed by atoms with van der Waals surface area (Å²) in [5.74, 6) is -1.37. The van der Waals surface area contributed by atoms with Crippen LogP contribution >= 0.6 is 7.82 Å². The molecule has 116 valence electrons. The van der Waals surface area contributed by atoms with Gasteiger partial charge in [-0.3, -0.25) is 17.8 Å². The van der Waals surface area contributed by atoms with Crippen LogP contribution in [0.2, 0.25) is 0 Å². The van der Waals surface area contributed by atoms with Gasteiger partial charge in [0.1, 0.15) is 0 Å². The van der Waals surface area contributed by atoms with E-state index in [0.29, 0.717) is 0 Å². The summed E-state index contributed by atoms with van der Waals surface area (Å²) in [4.78, 5) is 0. The van der Waals surface area contributed by atoms with Crippen molar-refractivity contribution in [3.05, 3.63) is 0 Å². The van der Waals surface area contributed by atoms with Gasteiger partial charge in [-0.25, -0.2) is 4.57 Å². The van der Waals surface area contributed by atoms with E-state index >= 15 is 0 Å². The summed E-state index contributed by atoms with van der Waals surface area (Å²) in [6, 6.07) is 0. The van der Waals surface area contributed by atoms with Crippen LogP contribution in [0.25, 0.3) is 0 Å². The number of alkyl halides is 3. The molecule has 0 amide bonds. The summed E-state index contributed by atoms with van der Waals surface area (Å²) < 4.78 is 86.2. The highest BCUT2D eigenvalue weighted by atomic mass is 32.2. The average molecular weight is 330 g/mol. The largest absolute Gasteiger partial charge is 0.475 e.